The van der Waals surface area contributed by atoms with Crippen molar-refractivity contribution in [3.63, 3.8) is 0 Å². The molecule has 0 unspecified atom stereocenters. The average Bonchev–Trinajstić information content (AvgIpc) is 2.82. The van der Waals surface area contributed by atoms with Crippen LogP contribution in [-0.4, -0.2) is 74.7 Å². The summed E-state index contributed by atoms with van der Waals surface area (Å²) in [6, 6.07) is 5.93. The fourth-order valence-electron chi connectivity index (χ4n) is 4.26. The van der Waals surface area contributed by atoms with Gasteiger partial charge in [-0.1, -0.05) is 0 Å². The number of fused-ring (bicyclic) bond motifs is 2. The lowest BCUT2D eigenvalue weighted by molar-refractivity contribution is 0.0384. The van der Waals surface area contributed by atoms with Crippen molar-refractivity contribution >= 4 is 11.0 Å². The van der Waals surface area contributed by atoms with Gasteiger partial charge in [-0.15, -0.1) is 5.10 Å². The van der Waals surface area contributed by atoms with Gasteiger partial charge in [0.15, 0.2) is 5.75 Å². The smallest absolute Gasteiger partial charge is 0.276 e. The Morgan fingerprint density at radius 2 is 2.06 bits per heavy atom. The molecule has 2 aliphatic heterocycles. The maximum absolute atomic E-state index is 13.7. The Balaban J connectivity index is 1.16. The molecule has 3 aromatic rings. The van der Waals surface area contributed by atoms with E-state index in [1.54, 1.807) is 12.1 Å². The quantitative estimate of drug-likeness (QED) is 0.541. The van der Waals surface area contributed by atoms with Crippen LogP contribution >= 0.6 is 0 Å². The van der Waals surface area contributed by atoms with Gasteiger partial charge < -0.3 is 24.5 Å². The third kappa shape index (κ3) is 4.80. The van der Waals surface area contributed by atoms with Gasteiger partial charge >= 0.3 is 0 Å². The molecule has 0 spiro atoms. The second kappa shape index (κ2) is 9.38. The summed E-state index contributed by atoms with van der Waals surface area (Å²) in [7, 11) is 0. The minimum Gasteiger partial charge on any atom is -0.484 e. The number of aliphatic hydroxyl groups excluding tert-OH is 1. The Kier molecular flexibility index (Phi) is 6.16. The molecular weight excluding hydrogens is 431 g/mol. The van der Waals surface area contributed by atoms with Crippen LogP contribution < -0.4 is 20.3 Å². The van der Waals surface area contributed by atoms with E-state index in [1.807, 2.05) is 0 Å². The lowest BCUT2D eigenvalue weighted by Gasteiger charge is -2.36. The van der Waals surface area contributed by atoms with Gasteiger partial charge in [0, 0.05) is 38.3 Å². The van der Waals surface area contributed by atoms with E-state index in [1.165, 1.54) is 22.9 Å². The first-order valence-electron chi connectivity index (χ1n) is 11.0. The van der Waals surface area contributed by atoms with E-state index in [4.69, 9.17) is 9.47 Å². The van der Waals surface area contributed by atoms with Crippen LogP contribution in [0.5, 0.6) is 11.6 Å². The van der Waals surface area contributed by atoms with Crippen molar-refractivity contribution in [2.24, 2.45) is 0 Å². The van der Waals surface area contributed by atoms with E-state index >= 15 is 0 Å². The van der Waals surface area contributed by atoms with E-state index < -0.39 is 11.9 Å². The number of ether oxygens (including phenoxy) is 2. The summed E-state index contributed by atoms with van der Waals surface area (Å²) < 4.78 is 26.2. The second-order valence-corrected chi connectivity index (χ2v) is 8.23. The molecule has 174 valence electrons. The Labute approximate surface area is 189 Å². The molecule has 2 atom stereocenters. The summed E-state index contributed by atoms with van der Waals surface area (Å²) >= 11 is 0. The first-order chi connectivity index (χ1) is 16.1. The summed E-state index contributed by atoms with van der Waals surface area (Å²) in [5.74, 6) is 0.581. The first kappa shape index (κ1) is 21.7. The second-order valence-electron chi connectivity index (χ2n) is 8.23. The molecule has 2 aliphatic rings. The molecule has 2 aromatic heterocycles. The highest BCUT2D eigenvalue weighted by molar-refractivity contribution is 5.74. The minimum absolute atomic E-state index is 0.0881. The SMILES string of the molecule is O=c1cnc2ccc(F)cc2n1CCN1CC[C@H](NCc2cc3c(nn2)OCCO3)[C@H](O)C1. The highest BCUT2D eigenvalue weighted by atomic mass is 19.1. The third-order valence-corrected chi connectivity index (χ3v) is 6.02. The van der Waals surface area contributed by atoms with Crippen molar-refractivity contribution in [2.45, 2.75) is 31.7 Å². The highest BCUT2D eigenvalue weighted by Gasteiger charge is 2.27. The molecule has 0 saturated carbocycles. The predicted molar refractivity (Wildman–Crippen MR) is 117 cm³/mol. The summed E-state index contributed by atoms with van der Waals surface area (Å²) in [6.45, 7) is 3.58. The molecule has 2 N–H and O–H groups in total. The maximum Gasteiger partial charge on any atom is 0.276 e. The van der Waals surface area contributed by atoms with Crippen molar-refractivity contribution in [3.05, 3.63) is 52.3 Å². The number of β-amino-alcohol motifs (C(OH)–C–C–N with tert-alkyl or cyclic N) is 1. The fraction of sp³-hybridized carbons (Fsp3) is 0.455. The maximum atomic E-state index is 13.7. The van der Waals surface area contributed by atoms with Crippen molar-refractivity contribution in [3.8, 4) is 11.6 Å². The summed E-state index contributed by atoms with van der Waals surface area (Å²) in [6.07, 6.45) is 1.42. The van der Waals surface area contributed by atoms with Crippen LogP contribution in [0, 0.1) is 5.82 Å². The number of halogens is 1. The zero-order valence-electron chi connectivity index (χ0n) is 18.0. The van der Waals surface area contributed by atoms with Crippen LogP contribution in [-0.2, 0) is 13.1 Å². The largest absolute Gasteiger partial charge is 0.484 e. The third-order valence-electron chi connectivity index (χ3n) is 6.02. The predicted octanol–water partition coefficient (Wildman–Crippen LogP) is 0.322. The molecule has 1 aromatic carbocycles. The highest BCUT2D eigenvalue weighted by Crippen LogP contribution is 2.26. The minimum atomic E-state index is -0.577. The fourth-order valence-corrected chi connectivity index (χ4v) is 4.26. The standard InChI is InChI=1S/C22H25FN6O4/c23-14-1-2-16-18(9-14)29(21(31)12-25-16)6-5-28-4-3-17(19(30)13-28)24-11-15-10-20-22(27-26-15)33-8-7-32-20/h1-2,9-10,12,17,19,24,30H,3-8,11,13H2/t17-,19+/m0/s1. The molecule has 1 saturated heterocycles. The Morgan fingerprint density at radius 1 is 1.18 bits per heavy atom. The Hall–Kier alpha value is -3.15. The molecule has 5 rings (SSSR count). The van der Waals surface area contributed by atoms with Crippen LogP contribution in [0.1, 0.15) is 12.1 Å². The van der Waals surface area contributed by atoms with E-state index in [9.17, 15) is 14.3 Å². The Bertz CT molecular complexity index is 1210. The summed E-state index contributed by atoms with van der Waals surface area (Å²) in [5.41, 5.74) is 1.48. The zero-order valence-corrected chi connectivity index (χ0v) is 18.0. The van der Waals surface area contributed by atoms with Gasteiger partial charge in [0.05, 0.1) is 29.0 Å². The molecule has 0 aliphatic carbocycles. The number of nitrogens with zero attached hydrogens (tertiary/aromatic N) is 5. The normalized spacial score (nSPS) is 20.8. The van der Waals surface area contributed by atoms with Crippen molar-refractivity contribution in [2.75, 3.05) is 32.8 Å². The van der Waals surface area contributed by atoms with Crippen LogP contribution in [0.2, 0.25) is 0 Å². The molecule has 11 heteroatoms. The molecule has 10 nitrogen and oxygen atoms in total. The Morgan fingerprint density at radius 3 is 2.94 bits per heavy atom. The average molecular weight is 456 g/mol. The van der Waals surface area contributed by atoms with E-state index in [0.29, 0.717) is 67.7 Å². The van der Waals surface area contributed by atoms with Crippen molar-refractivity contribution in [1.29, 1.82) is 0 Å². The molecule has 1 fully saturated rings. The molecule has 0 bridgehead atoms. The number of hydrogen-bond donors (Lipinski definition) is 2. The molecule has 33 heavy (non-hydrogen) atoms. The summed E-state index contributed by atoms with van der Waals surface area (Å²) in [5, 5.41) is 22.2. The van der Waals surface area contributed by atoms with Gasteiger partial charge in [0.25, 0.3) is 11.4 Å². The lowest BCUT2D eigenvalue weighted by Crippen LogP contribution is -2.53. The first-order valence-corrected chi connectivity index (χ1v) is 11.0. The van der Waals surface area contributed by atoms with Crippen LogP contribution in [0.3, 0.4) is 0 Å². The zero-order chi connectivity index (χ0) is 22.8. The van der Waals surface area contributed by atoms with Crippen molar-refractivity contribution < 1.29 is 19.0 Å². The molecule has 0 amide bonds. The topological polar surface area (TPSA) is 115 Å². The van der Waals surface area contributed by atoms with E-state index in [2.05, 4.69) is 25.4 Å². The molecular formula is C22H25FN6O4. The van der Waals surface area contributed by atoms with Crippen molar-refractivity contribution in [1.82, 2.24) is 30.0 Å². The molecule has 4 heterocycles. The number of nitrogens with one attached hydrogen (secondary N) is 1. The lowest BCUT2D eigenvalue weighted by atomic mass is 10.0. The van der Waals surface area contributed by atoms with E-state index in [-0.39, 0.29) is 11.6 Å². The van der Waals surface area contributed by atoms with Gasteiger partial charge in [0.2, 0.25) is 0 Å². The molecule has 0 radical (unpaired) electrons. The van der Waals surface area contributed by atoms with Gasteiger partial charge in [-0.05, 0) is 31.2 Å². The van der Waals surface area contributed by atoms with E-state index in [0.717, 1.165) is 13.0 Å². The van der Waals surface area contributed by atoms with Gasteiger partial charge in [-0.25, -0.2) is 9.37 Å². The number of hydrogen-bond acceptors (Lipinski definition) is 9. The number of rotatable bonds is 6. The number of likely N-dealkylation sites (tertiary alicyclic amines) is 1. The monoisotopic (exact) mass is 456 g/mol. The summed E-state index contributed by atoms with van der Waals surface area (Å²) in [4.78, 5) is 18.5. The number of aromatic nitrogens is 4. The van der Waals surface area contributed by atoms with Crippen LogP contribution in [0.15, 0.2) is 35.3 Å². The number of aliphatic hydroxyl groups is 1. The number of piperidine rings is 1. The van der Waals surface area contributed by atoms with Gasteiger partial charge in [-0.2, -0.15) is 5.10 Å². The number of benzene rings is 1. The van der Waals surface area contributed by atoms with Gasteiger partial charge in [-0.3, -0.25) is 9.69 Å². The van der Waals surface area contributed by atoms with Gasteiger partial charge in [0.1, 0.15) is 19.0 Å². The van der Waals surface area contributed by atoms with Crippen LogP contribution in [0.4, 0.5) is 4.39 Å². The van der Waals surface area contributed by atoms with Crippen LogP contribution in [0.25, 0.3) is 11.0 Å².